The summed E-state index contributed by atoms with van der Waals surface area (Å²) in [5, 5.41) is 12.0. The summed E-state index contributed by atoms with van der Waals surface area (Å²) in [7, 11) is -1.08. The Hall–Kier alpha value is -2.33. The minimum Gasteiger partial charge on any atom is -0.372 e. The number of aliphatic hydroxyl groups is 1. The normalized spacial score (nSPS) is 17.3. The van der Waals surface area contributed by atoms with Crippen molar-refractivity contribution in [2.45, 2.75) is 42.4 Å². The average molecular weight is 461 g/mol. The number of anilines is 1. The number of carbonyl (C=O) groups is 1. The summed E-state index contributed by atoms with van der Waals surface area (Å²) in [4.78, 5) is 12.9. The van der Waals surface area contributed by atoms with Crippen molar-refractivity contribution in [3.05, 3.63) is 59.7 Å². The molecule has 1 aliphatic rings. The molecule has 2 aromatic carbocycles. The molecule has 3 rings (SSSR count). The first kappa shape index (κ1) is 23.3. The summed E-state index contributed by atoms with van der Waals surface area (Å²) in [5.41, 5.74) is -4.58. The Balaban J connectivity index is 1.61. The number of benzene rings is 2. The molecule has 0 radical (unpaired) electrons. The van der Waals surface area contributed by atoms with Crippen LogP contribution >= 0.6 is 0 Å². The van der Waals surface area contributed by atoms with Gasteiger partial charge in [0.25, 0.3) is 6.43 Å². The van der Waals surface area contributed by atoms with E-state index in [1.807, 2.05) is 0 Å². The second-order valence-electron chi connectivity index (χ2n) is 7.47. The van der Waals surface area contributed by atoms with Crippen LogP contribution in [0.3, 0.4) is 0 Å². The molecule has 1 fully saturated rings. The number of rotatable bonds is 8. The molecule has 1 aliphatic carbocycles. The third-order valence-corrected chi connectivity index (χ3v) is 6.56. The molecule has 0 bridgehead atoms. The zero-order chi connectivity index (χ0) is 22.8. The molecular formula is C21H20F5NO3S. The number of hydrogen-bond donors (Lipinski definition) is 2. The lowest BCUT2D eigenvalue weighted by Crippen LogP contribution is -2.48. The molecule has 0 aliphatic heterocycles. The predicted molar refractivity (Wildman–Crippen MR) is 105 cm³/mol. The van der Waals surface area contributed by atoms with Gasteiger partial charge in [-0.05, 0) is 54.2 Å². The first-order valence-electron chi connectivity index (χ1n) is 9.45. The van der Waals surface area contributed by atoms with Crippen molar-refractivity contribution in [1.29, 1.82) is 0 Å². The quantitative estimate of drug-likeness (QED) is 0.573. The van der Waals surface area contributed by atoms with Gasteiger partial charge in [0.2, 0.25) is 11.5 Å². The van der Waals surface area contributed by atoms with E-state index in [4.69, 9.17) is 0 Å². The molecule has 0 unspecified atom stereocenters. The Kier molecular flexibility index (Phi) is 6.80. The maximum atomic E-state index is 12.9. The fourth-order valence-electron chi connectivity index (χ4n) is 2.97. The van der Waals surface area contributed by atoms with Gasteiger partial charge in [0.05, 0.1) is 17.2 Å². The molecule has 1 amide bonds. The van der Waals surface area contributed by atoms with Gasteiger partial charge in [-0.3, -0.25) is 9.00 Å². The molecule has 10 heteroatoms. The molecule has 4 nitrogen and oxygen atoms in total. The van der Waals surface area contributed by atoms with Crippen molar-refractivity contribution in [1.82, 2.24) is 0 Å². The minimum absolute atomic E-state index is 0.0409. The zero-order valence-electron chi connectivity index (χ0n) is 16.2. The lowest BCUT2D eigenvalue weighted by Gasteiger charge is -2.30. The lowest BCUT2D eigenvalue weighted by molar-refractivity contribution is -0.305. The highest BCUT2D eigenvalue weighted by Crippen LogP contribution is 2.43. The van der Waals surface area contributed by atoms with Crippen molar-refractivity contribution in [3.8, 4) is 0 Å². The van der Waals surface area contributed by atoms with E-state index in [0.29, 0.717) is 34.3 Å². The molecule has 0 spiro atoms. The molecule has 2 N–H and O–H groups in total. The maximum Gasteiger partial charge on any atom is 0.427 e. The Bertz CT molecular complexity index is 943. The molecule has 0 saturated heterocycles. The van der Waals surface area contributed by atoms with Gasteiger partial charge in [0, 0.05) is 16.3 Å². The van der Waals surface area contributed by atoms with Crippen LogP contribution in [-0.4, -0.2) is 33.6 Å². The number of halogens is 5. The molecule has 2 atom stereocenters. The van der Waals surface area contributed by atoms with Crippen LogP contribution < -0.4 is 5.32 Å². The largest absolute Gasteiger partial charge is 0.427 e. The van der Waals surface area contributed by atoms with Crippen LogP contribution in [0.15, 0.2) is 53.4 Å². The summed E-state index contributed by atoms with van der Waals surface area (Å²) in [6.45, 7) is 0. The average Bonchev–Trinajstić information content (AvgIpc) is 3.51. The van der Waals surface area contributed by atoms with Crippen molar-refractivity contribution >= 4 is 22.4 Å². The zero-order valence-corrected chi connectivity index (χ0v) is 17.0. The van der Waals surface area contributed by atoms with Crippen LogP contribution in [0.4, 0.5) is 27.6 Å². The van der Waals surface area contributed by atoms with Crippen molar-refractivity contribution < 1.29 is 36.1 Å². The van der Waals surface area contributed by atoms with E-state index in [-0.39, 0.29) is 12.1 Å². The van der Waals surface area contributed by atoms with E-state index in [9.17, 15) is 36.1 Å². The van der Waals surface area contributed by atoms with Crippen LogP contribution in [0.5, 0.6) is 0 Å². The fraction of sp³-hybridized carbons (Fsp3) is 0.381. The van der Waals surface area contributed by atoms with Crippen LogP contribution in [0.2, 0.25) is 0 Å². The molecule has 2 aromatic rings. The Morgan fingerprint density at radius 2 is 1.65 bits per heavy atom. The fourth-order valence-corrected chi connectivity index (χ4v) is 4.36. The number of hydrogen-bond acceptors (Lipinski definition) is 3. The highest BCUT2D eigenvalue weighted by molar-refractivity contribution is 7.85. The third-order valence-electron chi connectivity index (χ3n) is 4.99. The highest BCUT2D eigenvalue weighted by Gasteiger charge is 2.61. The number of alkyl halides is 5. The van der Waals surface area contributed by atoms with Gasteiger partial charge in [-0.15, -0.1) is 0 Å². The predicted octanol–water partition coefficient (Wildman–Crippen LogP) is 4.40. The van der Waals surface area contributed by atoms with E-state index >= 15 is 0 Å². The van der Waals surface area contributed by atoms with E-state index < -0.39 is 40.5 Å². The Morgan fingerprint density at radius 3 is 2.13 bits per heavy atom. The number of carbonyl (C=O) groups excluding carboxylic acids is 1. The minimum atomic E-state index is -5.57. The molecule has 31 heavy (non-hydrogen) atoms. The Labute approximate surface area is 177 Å². The maximum absolute atomic E-state index is 12.9. The van der Waals surface area contributed by atoms with Crippen molar-refractivity contribution in [2.24, 2.45) is 5.92 Å². The summed E-state index contributed by atoms with van der Waals surface area (Å²) >= 11 is 0. The topological polar surface area (TPSA) is 66.4 Å². The number of amides is 1. The first-order chi connectivity index (χ1) is 14.5. The third kappa shape index (κ3) is 5.48. The molecule has 0 aromatic heterocycles. The van der Waals surface area contributed by atoms with Gasteiger partial charge in [0.15, 0.2) is 0 Å². The summed E-state index contributed by atoms with van der Waals surface area (Å²) in [6, 6.07) is 10.1. The highest BCUT2D eigenvalue weighted by atomic mass is 32.2. The molecule has 1 saturated carbocycles. The summed E-state index contributed by atoms with van der Waals surface area (Å²) in [6.07, 6.45) is -7.48. The molecule has 168 valence electrons. The van der Waals surface area contributed by atoms with E-state index in [1.165, 1.54) is 0 Å². The second-order valence-corrected chi connectivity index (χ2v) is 8.96. The van der Waals surface area contributed by atoms with Gasteiger partial charge in [-0.2, -0.15) is 13.2 Å². The van der Waals surface area contributed by atoms with Crippen molar-refractivity contribution in [3.63, 3.8) is 0 Å². The molecule has 0 heterocycles. The van der Waals surface area contributed by atoms with Crippen LogP contribution in [-0.2, 0) is 27.6 Å². The van der Waals surface area contributed by atoms with E-state index in [0.717, 1.165) is 25.0 Å². The van der Waals surface area contributed by atoms with E-state index in [1.54, 1.807) is 24.3 Å². The molecular weight excluding hydrogens is 441 g/mol. The van der Waals surface area contributed by atoms with Gasteiger partial charge < -0.3 is 10.4 Å². The smallest absolute Gasteiger partial charge is 0.372 e. The first-order valence-corrected chi connectivity index (χ1v) is 10.8. The van der Waals surface area contributed by atoms with Crippen LogP contribution in [0, 0.1) is 5.92 Å². The van der Waals surface area contributed by atoms with E-state index in [2.05, 4.69) is 5.32 Å². The number of nitrogens with one attached hydrogen (secondary N) is 1. The SMILES string of the molecule is O=C(Cc1ccc([S@](=O)CC2CC2)cc1)Nc1ccc([C@@](O)(C(F)F)C(F)(F)F)cc1. The second kappa shape index (κ2) is 9.04. The summed E-state index contributed by atoms with van der Waals surface area (Å²) in [5.74, 6) is 0.676. The van der Waals surface area contributed by atoms with Crippen molar-refractivity contribution in [2.75, 3.05) is 11.1 Å². The monoisotopic (exact) mass is 461 g/mol. The lowest BCUT2D eigenvalue weighted by atomic mass is 9.93. The van der Waals surface area contributed by atoms with Gasteiger partial charge >= 0.3 is 6.18 Å². The summed E-state index contributed by atoms with van der Waals surface area (Å²) < 4.78 is 76.7. The van der Waals surface area contributed by atoms with Gasteiger partial charge in [0.1, 0.15) is 0 Å². The van der Waals surface area contributed by atoms with Gasteiger partial charge in [-0.25, -0.2) is 8.78 Å². The Morgan fingerprint density at radius 1 is 1.06 bits per heavy atom. The van der Waals surface area contributed by atoms with Gasteiger partial charge in [-0.1, -0.05) is 24.3 Å². The van der Waals surface area contributed by atoms with Crippen LogP contribution in [0.1, 0.15) is 24.0 Å². The standard InChI is InChI=1S/C21H20F5NO3S/c22-19(23)20(29,21(24,25)26)15-5-7-16(8-6-15)27-18(28)11-13-3-9-17(10-4-13)31(30)12-14-1-2-14/h3-10,14,19,29H,1-2,11-12H2,(H,27,28)/t20-,31-/m1/s1. The van der Waals surface area contributed by atoms with Crippen LogP contribution in [0.25, 0.3) is 0 Å².